The molecular formula is C132H160O8S8+8. The van der Waals surface area contributed by atoms with Crippen LogP contribution in [-0.2, 0) is 87.2 Å². The van der Waals surface area contributed by atoms with Gasteiger partial charge in [-0.05, 0) is 336 Å². The first-order valence-electron chi connectivity index (χ1n) is 55.1. The molecule has 0 saturated carbocycles. The molecule has 8 heterocycles. The number of ether oxygens (including phenoxy) is 7. The lowest BCUT2D eigenvalue weighted by Crippen LogP contribution is -2.23. The zero-order valence-electron chi connectivity index (χ0n) is 89.8. The van der Waals surface area contributed by atoms with Crippen molar-refractivity contribution < 1.29 is 38.3 Å². The zero-order valence-corrected chi connectivity index (χ0v) is 96.3. The van der Waals surface area contributed by atoms with E-state index in [1.807, 2.05) is 32.0 Å². The van der Waals surface area contributed by atoms with Gasteiger partial charge in [0.15, 0.2) is 39.2 Å². The van der Waals surface area contributed by atoms with E-state index < -0.39 is 0 Å². The molecule has 0 aliphatic carbocycles. The van der Waals surface area contributed by atoms with Crippen LogP contribution in [0.1, 0.15) is 191 Å². The van der Waals surface area contributed by atoms with Gasteiger partial charge in [0.1, 0.15) is 144 Å². The Balaban J connectivity index is 0.000000115. The third-order valence-corrected chi connectivity index (χ3v) is 49.0. The van der Waals surface area contributed by atoms with Crippen LogP contribution in [0.25, 0.3) is 86.2 Å². The molecule has 16 aromatic carbocycles. The van der Waals surface area contributed by atoms with E-state index in [2.05, 4.69) is 321 Å². The third-order valence-electron chi connectivity index (χ3n) is 28.7. The van der Waals surface area contributed by atoms with Crippen LogP contribution in [0.5, 0.6) is 46.0 Å². The molecule has 0 spiro atoms. The van der Waals surface area contributed by atoms with Crippen molar-refractivity contribution in [3.63, 3.8) is 0 Å². The molecule has 0 amide bonds. The summed E-state index contributed by atoms with van der Waals surface area (Å²) in [4.78, 5) is 12.3. The van der Waals surface area contributed by atoms with Gasteiger partial charge < -0.3 is 38.3 Å². The largest absolute Gasteiger partial charge is 0.507 e. The molecule has 16 aromatic rings. The molecule has 776 valence electrons. The average Bonchev–Trinajstić information content (AvgIpc) is 1.75. The van der Waals surface area contributed by atoms with Crippen molar-refractivity contribution in [2.45, 2.75) is 248 Å². The Labute approximate surface area is 908 Å². The number of hydrogen-bond acceptors (Lipinski definition) is 8. The number of hydrogen-bond donors (Lipinski definition) is 1. The molecule has 16 heteroatoms. The third kappa shape index (κ3) is 28.4. The first-order chi connectivity index (χ1) is 72.5. The Morgan fingerprint density at radius 1 is 0.209 bits per heavy atom. The van der Waals surface area contributed by atoms with Gasteiger partial charge >= 0.3 is 0 Å². The molecule has 0 radical (unpaired) electrons. The zero-order chi connectivity index (χ0) is 103. The summed E-state index contributed by atoms with van der Waals surface area (Å²) in [6.45, 7) is 20.2. The Hall–Kier alpha value is -9.20. The van der Waals surface area contributed by atoms with Crippen LogP contribution in [0.2, 0.25) is 0 Å². The summed E-state index contributed by atoms with van der Waals surface area (Å²) in [6.07, 6.45) is 28.3. The summed E-state index contributed by atoms with van der Waals surface area (Å²) in [5.41, 5.74) is -0.155. The molecule has 0 atom stereocenters. The topological polar surface area (TPSA) is 84.8 Å². The number of methoxy groups -OCH3 is 2. The second kappa shape index (κ2) is 55.4. The van der Waals surface area contributed by atoms with Gasteiger partial charge in [-0.2, -0.15) is 0 Å². The van der Waals surface area contributed by atoms with Gasteiger partial charge in [-0.15, -0.1) is 0 Å². The maximum atomic E-state index is 9.84. The van der Waals surface area contributed by atoms with Crippen molar-refractivity contribution >= 4 is 173 Å². The second-order valence-corrected chi connectivity index (χ2v) is 58.9. The SMILES string of the molecule is CC(C)(C)Oc1ccc([S+]2CCCCC2)c2ccccc12.CC(C)Oc1ccc([S+]2CCCC2)c2ccccc12.CC(C)Oc1ccc([S+]2CCCCC2)c2ccccc12.CCOc1ccc([S+]2CCCC2)c2ccccc12.CCOc1ccc([S+]2CCCCC2)c2ccccc12.COc1ccc([S+]2CCCC2)c2ccccc12.COc1ccc([S+]2CCCCC2)c2ccccc12.Oc1ccc([S+]2CCCC2)c2ccccc12. The number of phenols is 1. The van der Waals surface area contributed by atoms with Gasteiger partial charge in [0.2, 0.25) is 0 Å². The van der Waals surface area contributed by atoms with Crippen molar-refractivity contribution in [2.75, 3.05) is 119 Å². The maximum absolute atomic E-state index is 9.84. The molecule has 8 aliphatic rings. The lowest BCUT2D eigenvalue weighted by atomic mass is 10.1. The number of fused-ring (bicyclic) bond motifs is 8. The molecule has 8 fully saturated rings. The van der Waals surface area contributed by atoms with Crippen LogP contribution < -0.4 is 33.2 Å². The Morgan fingerprint density at radius 3 is 0.595 bits per heavy atom. The van der Waals surface area contributed by atoms with E-state index in [9.17, 15) is 5.11 Å². The molecule has 148 heavy (non-hydrogen) atoms. The maximum Gasteiger partial charge on any atom is 0.162 e. The summed E-state index contributed by atoms with van der Waals surface area (Å²) < 4.78 is 40.5. The molecule has 8 aliphatic heterocycles. The lowest BCUT2D eigenvalue weighted by Gasteiger charge is -2.23. The van der Waals surface area contributed by atoms with Gasteiger partial charge in [0.05, 0.1) is 39.6 Å². The minimum absolute atomic E-state index is 0.155. The highest BCUT2D eigenvalue weighted by molar-refractivity contribution is 7.99. The predicted octanol–water partition coefficient (Wildman–Crippen LogP) is 33.7. The number of rotatable bonds is 19. The van der Waals surface area contributed by atoms with Crippen LogP contribution in [0.15, 0.2) is 330 Å². The number of phenolic OH excluding ortho intramolecular Hbond substituents is 1. The molecule has 8 nitrogen and oxygen atoms in total. The number of benzene rings is 16. The van der Waals surface area contributed by atoms with Gasteiger partial charge in [0.25, 0.3) is 0 Å². The summed E-state index contributed by atoms with van der Waals surface area (Å²) in [6, 6.07) is 104. The van der Waals surface area contributed by atoms with E-state index in [0.29, 0.717) is 92.9 Å². The van der Waals surface area contributed by atoms with Gasteiger partial charge in [0, 0.05) is 173 Å². The highest BCUT2D eigenvalue weighted by atomic mass is 32.2. The Morgan fingerprint density at radius 2 is 0.378 bits per heavy atom. The molecule has 0 bridgehead atoms. The minimum Gasteiger partial charge on any atom is -0.507 e. The molecule has 0 unspecified atom stereocenters. The van der Waals surface area contributed by atoms with Gasteiger partial charge in [-0.1, -0.05) is 146 Å². The fourth-order valence-electron chi connectivity index (χ4n) is 21.7. The van der Waals surface area contributed by atoms with Crippen molar-refractivity contribution in [3.8, 4) is 46.0 Å². The van der Waals surface area contributed by atoms with Crippen LogP contribution in [0.3, 0.4) is 0 Å². The molecule has 1 N–H and O–H groups in total. The van der Waals surface area contributed by atoms with E-state index in [0.717, 1.165) is 58.8 Å². The normalized spacial score (nSPS) is 16.7. The first-order valence-corrected chi connectivity index (χ1v) is 67.6. The van der Waals surface area contributed by atoms with Crippen molar-refractivity contribution in [3.05, 3.63) is 291 Å². The summed E-state index contributed by atoms with van der Waals surface area (Å²) >= 11 is 0. The van der Waals surface area contributed by atoms with Gasteiger partial charge in [-0.3, -0.25) is 0 Å². The monoisotopic (exact) mass is 2130 g/mol. The molecule has 8 saturated heterocycles. The van der Waals surface area contributed by atoms with Crippen LogP contribution in [0.4, 0.5) is 0 Å². The summed E-state index contributed by atoms with van der Waals surface area (Å²) in [5, 5.41) is 30.7. The van der Waals surface area contributed by atoms with E-state index in [1.165, 1.54) is 306 Å². The fraction of sp³-hybridized carbons (Fsp3) is 0.394. The standard InChI is InChI=1S/C19H25OS.C18H23OS.2C17H21OS.2C16H19OS.C15H17OS.C14H14OS/c1-19(2,3)20-17-11-12-18(21-13-7-4-8-14-21)16-10-6-5-9-15(16)17;1-14(2)19-17-10-11-18(20-12-6-3-7-13-20)16-9-5-4-8-15(16)17;1-13(2)18-16-9-10-17(19-11-5-6-12-19)15-8-4-3-7-14(15)16;1-2-18-16-10-11-17(19-12-6-3-7-13-19)15-9-5-4-8-14(15)16;1-17-15-9-10-16(18-11-5-2-6-12-18)14-8-4-3-7-13(14)15;1-2-17-15-9-10-16(18-11-5-6-12-18)14-8-4-3-7-13(14)15;1-16-14-8-9-15(17-10-4-5-11-17)13-7-3-2-6-12(13)14;15-13-7-8-14(16-9-3-4-10-16)12-6-2-1-5-11(12)13/h5-6,9-12H,4,7-8,13-14H2,1-3H3;4-5,8-11,14H,3,6-7,12-13H2,1-2H3;3-4,7-10,13H,5-6,11-12H2,1-2H3;4-5,8-11H,2-3,6-7,12-13H2,1H3;2*3-4,7-10H,2,5-6,11-12H2,1H3;2-3,6-9H,4-5,10-11H2,1H3;1-2,5-8H,3-4,9-10H2/q7*+1;/p+1. The Bertz CT molecular complexity index is 6950. The summed E-state index contributed by atoms with van der Waals surface area (Å²) in [7, 11) is 7.09. The van der Waals surface area contributed by atoms with E-state index in [-0.39, 0.29) is 17.8 Å². The van der Waals surface area contributed by atoms with Crippen molar-refractivity contribution in [1.29, 1.82) is 0 Å². The van der Waals surface area contributed by atoms with Crippen LogP contribution >= 0.6 is 0 Å². The predicted molar refractivity (Wildman–Crippen MR) is 656 cm³/mol. The molecular weight excluding hydrogens is 1970 g/mol. The van der Waals surface area contributed by atoms with Crippen molar-refractivity contribution in [2.24, 2.45) is 0 Å². The second-order valence-electron chi connectivity index (χ2n) is 41.0. The van der Waals surface area contributed by atoms with E-state index >= 15 is 0 Å². The highest BCUT2D eigenvalue weighted by Crippen LogP contribution is 2.45. The minimum atomic E-state index is -0.155. The van der Waals surface area contributed by atoms with E-state index in [1.54, 1.807) is 48.5 Å². The lowest BCUT2D eigenvalue weighted by molar-refractivity contribution is 0.133. The first kappa shape index (κ1) is 110. The Kier molecular flexibility index (Phi) is 41.2. The smallest absolute Gasteiger partial charge is 0.162 e. The van der Waals surface area contributed by atoms with Crippen LogP contribution in [-0.4, -0.2) is 142 Å². The molecule has 24 rings (SSSR count). The van der Waals surface area contributed by atoms with Crippen LogP contribution in [0, 0.1) is 0 Å². The van der Waals surface area contributed by atoms with E-state index in [4.69, 9.17) is 33.2 Å². The number of aromatic hydroxyl groups is 1. The average molecular weight is 2130 g/mol. The molecule has 0 aromatic heterocycles. The fourth-order valence-corrected chi connectivity index (χ4v) is 41.7. The quantitative estimate of drug-likeness (QED) is 0.0802. The highest BCUT2D eigenvalue weighted by Gasteiger charge is 2.37. The summed E-state index contributed by atoms with van der Waals surface area (Å²) in [5.74, 6) is 29.4. The van der Waals surface area contributed by atoms with Gasteiger partial charge in [-0.25, -0.2) is 0 Å². The van der Waals surface area contributed by atoms with Crippen molar-refractivity contribution in [1.82, 2.24) is 0 Å².